The van der Waals surface area contributed by atoms with E-state index < -0.39 is 6.10 Å². The van der Waals surface area contributed by atoms with Crippen LogP contribution in [0.25, 0.3) is 10.8 Å². The molecule has 0 aliphatic rings. The van der Waals surface area contributed by atoms with Gasteiger partial charge in [-0.3, -0.25) is 9.69 Å². The molecule has 5 nitrogen and oxygen atoms in total. The summed E-state index contributed by atoms with van der Waals surface area (Å²) in [5, 5.41) is 15.3. The van der Waals surface area contributed by atoms with Crippen molar-refractivity contribution in [2.45, 2.75) is 32.4 Å². The molecule has 2 aromatic rings. The van der Waals surface area contributed by atoms with Crippen LogP contribution >= 0.6 is 0 Å². The normalized spacial score (nSPS) is 13.0. The Bertz CT molecular complexity index is 709. The number of carbonyl (C=O) groups excluding carboxylic acids is 1. The predicted octanol–water partition coefficient (Wildman–Crippen LogP) is 2.43. The van der Waals surface area contributed by atoms with Crippen LogP contribution in [0.15, 0.2) is 42.5 Å². The van der Waals surface area contributed by atoms with Gasteiger partial charge >= 0.3 is 0 Å². The monoisotopic (exact) mass is 344 g/mol. The summed E-state index contributed by atoms with van der Waals surface area (Å²) in [5.41, 5.74) is -0.254. The first-order valence-corrected chi connectivity index (χ1v) is 8.52. The van der Waals surface area contributed by atoms with E-state index in [1.54, 1.807) is 4.90 Å². The number of benzene rings is 2. The van der Waals surface area contributed by atoms with E-state index in [4.69, 9.17) is 4.74 Å². The summed E-state index contributed by atoms with van der Waals surface area (Å²) in [6, 6.07) is 13.9. The first-order chi connectivity index (χ1) is 11.7. The first kappa shape index (κ1) is 19.2. The quantitative estimate of drug-likeness (QED) is 0.810. The molecule has 136 valence electrons. The maximum Gasteiger partial charge on any atom is 0.234 e. The largest absolute Gasteiger partial charge is 0.491 e. The van der Waals surface area contributed by atoms with E-state index >= 15 is 0 Å². The number of likely N-dealkylation sites (N-methyl/N-ethyl adjacent to an activating group) is 1. The van der Waals surface area contributed by atoms with Crippen LogP contribution in [0.5, 0.6) is 5.75 Å². The van der Waals surface area contributed by atoms with Crippen LogP contribution in [0.1, 0.15) is 20.8 Å². The highest BCUT2D eigenvalue weighted by Gasteiger charge is 2.17. The lowest BCUT2D eigenvalue weighted by Gasteiger charge is -2.24. The Balaban J connectivity index is 1.79. The number of hydrogen-bond acceptors (Lipinski definition) is 4. The molecule has 0 heterocycles. The molecule has 0 aliphatic carbocycles. The van der Waals surface area contributed by atoms with E-state index in [-0.39, 0.29) is 24.6 Å². The molecule has 0 spiro atoms. The second-order valence-corrected chi connectivity index (χ2v) is 7.47. The summed E-state index contributed by atoms with van der Waals surface area (Å²) in [5.74, 6) is 0.670. The van der Waals surface area contributed by atoms with Crippen molar-refractivity contribution in [2.24, 2.45) is 0 Å². The zero-order valence-electron chi connectivity index (χ0n) is 15.5. The molecule has 0 aliphatic heterocycles. The lowest BCUT2D eigenvalue weighted by atomic mass is 10.1. The van der Waals surface area contributed by atoms with Crippen molar-refractivity contribution in [1.82, 2.24) is 10.2 Å². The maximum atomic E-state index is 11.9. The van der Waals surface area contributed by atoms with Crippen molar-refractivity contribution >= 4 is 16.7 Å². The Kier molecular flexibility index (Phi) is 6.39. The van der Waals surface area contributed by atoms with Gasteiger partial charge < -0.3 is 15.2 Å². The molecule has 1 amide bonds. The highest BCUT2D eigenvalue weighted by molar-refractivity contribution is 5.83. The molecule has 0 saturated heterocycles. The van der Waals surface area contributed by atoms with Crippen molar-refractivity contribution in [3.8, 4) is 5.75 Å². The van der Waals surface area contributed by atoms with E-state index in [1.807, 2.05) is 70.3 Å². The molecule has 1 unspecified atom stereocenters. The zero-order valence-corrected chi connectivity index (χ0v) is 15.5. The van der Waals surface area contributed by atoms with Gasteiger partial charge in [0.1, 0.15) is 18.5 Å². The van der Waals surface area contributed by atoms with Gasteiger partial charge in [0.25, 0.3) is 0 Å². The van der Waals surface area contributed by atoms with Gasteiger partial charge in [-0.05, 0) is 50.7 Å². The molecule has 0 fully saturated rings. The van der Waals surface area contributed by atoms with Gasteiger partial charge in [0.2, 0.25) is 5.91 Å². The van der Waals surface area contributed by atoms with Crippen molar-refractivity contribution in [1.29, 1.82) is 0 Å². The Hall–Kier alpha value is -2.11. The van der Waals surface area contributed by atoms with Crippen LogP contribution in [0, 0.1) is 0 Å². The van der Waals surface area contributed by atoms with Crippen LogP contribution < -0.4 is 10.1 Å². The van der Waals surface area contributed by atoms with Gasteiger partial charge in [-0.1, -0.05) is 30.3 Å². The third-order valence-corrected chi connectivity index (χ3v) is 3.61. The fraction of sp³-hybridized carbons (Fsp3) is 0.450. The van der Waals surface area contributed by atoms with E-state index in [2.05, 4.69) is 5.32 Å². The Labute approximate surface area is 149 Å². The molecule has 0 bridgehead atoms. The number of hydrogen-bond donors (Lipinski definition) is 2. The average Bonchev–Trinajstić information content (AvgIpc) is 2.50. The molecule has 0 radical (unpaired) electrons. The summed E-state index contributed by atoms with van der Waals surface area (Å²) >= 11 is 0. The molecule has 1 atom stereocenters. The number of nitrogens with one attached hydrogen (secondary N) is 1. The number of carbonyl (C=O) groups is 1. The highest BCUT2D eigenvalue weighted by Crippen LogP contribution is 2.20. The first-order valence-electron chi connectivity index (χ1n) is 8.52. The molecule has 5 heteroatoms. The molecular formula is C20H28N2O3. The minimum atomic E-state index is -0.668. The van der Waals surface area contributed by atoms with E-state index in [1.165, 1.54) is 0 Å². The van der Waals surface area contributed by atoms with Gasteiger partial charge in [-0.2, -0.15) is 0 Å². The second-order valence-electron chi connectivity index (χ2n) is 7.47. The zero-order chi connectivity index (χ0) is 18.4. The number of ether oxygens (including phenoxy) is 1. The summed E-state index contributed by atoms with van der Waals surface area (Å²) in [7, 11) is 1.81. The number of amides is 1. The van der Waals surface area contributed by atoms with E-state index in [0.717, 1.165) is 16.5 Å². The van der Waals surface area contributed by atoms with Crippen molar-refractivity contribution in [3.63, 3.8) is 0 Å². The third kappa shape index (κ3) is 6.72. The van der Waals surface area contributed by atoms with Crippen molar-refractivity contribution in [2.75, 3.05) is 26.7 Å². The molecule has 2 aromatic carbocycles. The Morgan fingerprint density at radius 1 is 1.20 bits per heavy atom. The fourth-order valence-electron chi connectivity index (χ4n) is 2.63. The third-order valence-electron chi connectivity index (χ3n) is 3.61. The summed E-state index contributed by atoms with van der Waals surface area (Å²) in [6.07, 6.45) is -0.668. The van der Waals surface area contributed by atoms with Crippen LogP contribution in [0.2, 0.25) is 0 Å². The van der Waals surface area contributed by atoms with Crippen LogP contribution in [0.3, 0.4) is 0 Å². The molecular weight excluding hydrogens is 316 g/mol. The molecule has 2 N–H and O–H groups in total. The van der Waals surface area contributed by atoms with Gasteiger partial charge in [-0.15, -0.1) is 0 Å². The van der Waals surface area contributed by atoms with E-state index in [9.17, 15) is 9.90 Å². The topological polar surface area (TPSA) is 61.8 Å². The van der Waals surface area contributed by atoms with Gasteiger partial charge in [0, 0.05) is 12.1 Å². The van der Waals surface area contributed by atoms with Gasteiger partial charge in [-0.25, -0.2) is 0 Å². The van der Waals surface area contributed by atoms with Crippen molar-refractivity contribution in [3.05, 3.63) is 42.5 Å². The molecule has 2 rings (SSSR count). The number of nitrogens with zero attached hydrogens (tertiary/aromatic N) is 1. The van der Waals surface area contributed by atoms with Crippen LogP contribution in [-0.4, -0.2) is 54.3 Å². The minimum Gasteiger partial charge on any atom is -0.491 e. The molecule has 25 heavy (non-hydrogen) atoms. The second kappa shape index (κ2) is 8.32. The van der Waals surface area contributed by atoms with Crippen molar-refractivity contribution < 1.29 is 14.6 Å². The number of aliphatic hydroxyl groups excluding tert-OH is 1. The maximum absolute atomic E-state index is 11.9. The van der Waals surface area contributed by atoms with Gasteiger partial charge in [0.15, 0.2) is 0 Å². The predicted molar refractivity (Wildman–Crippen MR) is 101 cm³/mol. The Morgan fingerprint density at radius 2 is 1.88 bits per heavy atom. The summed E-state index contributed by atoms with van der Waals surface area (Å²) < 4.78 is 5.69. The minimum absolute atomic E-state index is 0.0577. The molecule has 0 aromatic heterocycles. The van der Waals surface area contributed by atoms with Crippen LogP contribution in [-0.2, 0) is 4.79 Å². The Morgan fingerprint density at radius 3 is 2.56 bits per heavy atom. The van der Waals surface area contributed by atoms with Gasteiger partial charge in [0.05, 0.1) is 6.54 Å². The van der Waals surface area contributed by atoms with Crippen LogP contribution in [0.4, 0.5) is 0 Å². The average molecular weight is 344 g/mol. The molecule has 0 saturated carbocycles. The summed E-state index contributed by atoms with van der Waals surface area (Å²) in [4.78, 5) is 13.7. The summed E-state index contributed by atoms with van der Waals surface area (Å²) in [6.45, 7) is 6.62. The fourth-order valence-corrected chi connectivity index (χ4v) is 2.63. The number of fused-ring (bicyclic) bond motifs is 1. The van der Waals surface area contributed by atoms with E-state index in [0.29, 0.717) is 6.54 Å². The lowest BCUT2D eigenvalue weighted by Crippen LogP contribution is -2.46. The standard InChI is InChI=1S/C20H28N2O3/c1-20(2,3)21-19(24)13-22(4)12-17(23)14-25-18-10-9-15-7-5-6-8-16(15)11-18/h5-11,17,23H,12-14H2,1-4H3,(H,21,24). The SMILES string of the molecule is CN(CC(=O)NC(C)(C)C)CC(O)COc1ccc2ccccc2c1. The number of aliphatic hydroxyl groups is 1. The lowest BCUT2D eigenvalue weighted by molar-refractivity contribution is -0.123. The smallest absolute Gasteiger partial charge is 0.234 e. The number of rotatable bonds is 7. The highest BCUT2D eigenvalue weighted by atomic mass is 16.5.